The molecule has 1 nitrogen and oxygen atoms in total. The molecular formula is C8H12O. The summed E-state index contributed by atoms with van der Waals surface area (Å²) in [5.41, 5.74) is 1.07. The summed E-state index contributed by atoms with van der Waals surface area (Å²) in [7, 11) is 0. The van der Waals surface area contributed by atoms with Crippen LogP contribution < -0.4 is 0 Å². The molecule has 0 aromatic carbocycles. The summed E-state index contributed by atoms with van der Waals surface area (Å²) in [5.74, 6) is 0.106. The van der Waals surface area contributed by atoms with Crippen molar-refractivity contribution in [2.24, 2.45) is 0 Å². The summed E-state index contributed by atoms with van der Waals surface area (Å²) in [6.45, 7) is 7.02. The maximum atomic E-state index is 10.4. The van der Waals surface area contributed by atoms with E-state index in [-0.39, 0.29) is 5.78 Å². The van der Waals surface area contributed by atoms with Crippen molar-refractivity contribution in [3.05, 3.63) is 24.3 Å². The highest BCUT2D eigenvalue weighted by Crippen LogP contribution is 1.98. The molecule has 0 spiro atoms. The van der Waals surface area contributed by atoms with E-state index in [0.29, 0.717) is 0 Å². The Morgan fingerprint density at radius 2 is 2.11 bits per heavy atom. The van der Waals surface area contributed by atoms with Crippen molar-refractivity contribution in [2.45, 2.75) is 20.3 Å². The highest BCUT2D eigenvalue weighted by Gasteiger charge is 1.86. The van der Waals surface area contributed by atoms with E-state index in [1.807, 2.05) is 6.92 Å². The van der Waals surface area contributed by atoms with Crippen molar-refractivity contribution in [2.75, 3.05) is 0 Å². The fourth-order valence-corrected chi connectivity index (χ4v) is 0.634. The summed E-state index contributed by atoms with van der Waals surface area (Å²) in [6, 6.07) is 0. The van der Waals surface area contributed by atoms with Gasteiger partial charge in [-0.3, -0.25) is 4.79 Å². The minimum atomic E-state index is 0.106. The average molecular weight is 124 g/mol. The number of hydrogen-bond donors (Lipinski definition) is 0. The molecule has 0 aliphatic carbocycles. The Morgan fingerprint density at radius 3 is 2.44 bits per heavy atom. The highest BCUT2D eigenvalue weighted by molar-refractivity contribution is 5.87. The van der Waals surface area contributed by atoms with Gasteiger partial charge in [0.05, 0.1) is 0 Å². The van der Waals surface area contributed by atoms with Gasteiger partial charge >= 0.3 is 0 Å². The van der Waals surface area contributed by atoms with Crippen molar-refractivity contribution in [1.82, 2.24) is 0 Å². The van der Waals surface area contributed by atoms with E-state index in [4.69, 9.17) is 0 Å². The molecular weight excluding hydrogens is 112 g/mol. The lowest BCUT2D eigenvalue weighted by Crippen LogP contribution is -1.83. The van der Waals surface area contributed by atoms with E-state index in [9.17, 15) is 4.79 Å². The Kier molecular flexibility index (Phi) is 3.69. The molecule has 50 valence electrons. The minimum absolute atomic E-state index is 0.106. The Hall–Kier alpha value is -0.850. The van der Waals surface area contributed by atoms with E-state index < -0.39 is 0 Å². The third-order valence-corrected chi connectivity index (χ3v) is 0.916. The van der Waals surface area contributed by atoms with Gasteiger partial charge in [0.15, 0.2) is 5.78 Å². The van der Waals surface area contributed by atoms with Gasteiger partial charge in [0, 0.05) is 0 Å². The fourth-order valence-electron chi connectivity index (χ4n) is 0.634. The van der Waals surface area contributed by atoms with Gasteiger partial charge in [-0.1, -0.05) is 11.6 Å². The Balaban J connectivity index is 3.83. The van der Waals surface area contributed by atoms with E-state index in [2.05, 4.69) is 6.58 Å². The van der Waals surface area contributed by atoms with Gasteiger partial charge in [-0.25, -0.2) is 0 Å². The molecule has 1 heteroatoms. The maximum Gasteiger partial charge on any atom is 0.152 e. The lowest BCUT2D eigenvalue weighted by Gasteiger charge is -1.90. The Labute approximate surface area is 56.1 Å². The monoisotopic (exact) mass is 124 g/mol. The molecule has 0 aromatic rings. The van der Waals surface area contributed by atoms with Crippen LogP contribution in [-0.4, -0.2) is 5.78 Å². The molecule has 0 aliphatic rings. The van der Waals surface area contributed by atoms with Crippen LogP contribution in [0.15, 0.2) is 24.3 Å². The van der Waals surface area contributed by atoms with Gasteiger partial charge in [0.1, 0.15) is 0 Å². The van der Waals surface area contributed by atoms with E-state index in [1.165, 1.54) is 0 Å². The second kappa shape index (κ2) is 4.07. The molecule has 0 saturated carbocycles. The van der Waals surface area contributed by atoms with Crippen LogP contribution in [0.25, 0.3) is 0 Å². The first kappa shape index (κ1) is 8.15. The molecule has 9 heavy (non-hydrogen) atoms. The molecule has 0 aromatic heterocycles. The first-order valence-electron chi connectivity index (χ1n) is 2.95. The zero-order valence-electron chi connectivity index (χ0n) is 5.98. The third kappa shape index (κ3) is 5.01. The van der Waals surface area contributed by atoms with E-state index >= 15 is 0 Å². The standard InChI is InChI=1S/C8H12O/c1-4-5-7(2)6-8(3)9/h4,6H,1,5H2,2-3H3/b7-6-. The van der Waals surface area contributed by atoms with Crippen molar-refractivity contribution >= 4 is 5.78 Å². The Bertz CT molecular complexity index is 143. The third-order valence-electron chi connectivity index (χ3n) is 0.916. The quantitative estimate of drug-likeness (QED) is 0.416. The Morgan fingerprint density at radius 1 is 1.56 bits per heavy atom. The van der Waals surface area contributed by atoms with Crippen LogP contribution in [0.5, 0.6) is 0 Å². The van der Waals surface area contributed by atoms with E-state index in [1.54, 1.807) is 19.1 Å². The smallest absolute Gasteiger partial charge is 0.152 e. The largest absolute Gasteiger partial charge is 0.295 e. The minimum Gasteiger partial charge on any atom is -0.295 e. The number of rotatable bonds is 3. The maximum absolute atomic E-state index is 10.4. The van der Waals surface area contributed by atoms with Crippen LogP contribution in [0.1, 0.15) is 20.3 Å². The SMILES string of the molecule is C=CC/C(C)=C\C(C)=O. The number of allylic oxidation sites excluding steroid dienone is 3. The van der Waals surface area contributed by atoms with E-state index in [0.717, 1.165) is 12.0 Å². The summed E-state index contributed by atoms with van der Waals surface area (Å²) in [4.78, 5) is 10.4. The van der Waals surface area contributed by atoms with Crippen LogP contribution in [0.4, 0.5) is 0 Å². The van der Waals surface area contributed by atoms with Gasteiger partial charge in [-0.05, 0) is 26.3 Å². The molecule has 0 atom stereocenters. The van der Waals surface area contributed by atoms with Gasteiger partial charge in [-0.15, -0.1) is 6.58 Å². The predicted octanol–water partition coefficient (Wildman–Crippen LogP) is 2.10. The molecule has 0 fully saturated rings. The normalized spacial score (nSPS) is 11.1. The summed E-state index contributed by atoms with van der Waals surface area (Å²) < 4.78 is 0. The number of carbonyl (C=O) groups excluding carboxylic acids is 1. The number of ketones is 1. The molecule has 0 heterocycles. The number of hydrogen-bond acceptors (Lipinski definition) is 1. The molecule has 0 rings (SSSR count). The first-order valence-corrected chi connectivity index (χ1v) is 2.95. The zero-order chi connectivity index (χ0) is 7.28. The van der Waals surface area contributed by atoms with Crippen LogP contribution in [-0.2, 0) is 4.79 Å². The highest BCUT2D eigenvalue weighted by atomic mass is 16.1. The van der Waals surface area contributed by atoms with Gasteiger partial charge in [0.25, 0.3) is 0 Å². The molecule has 0 unspecified atom stereocenters. The van der Waals surface area contributed by atoms with Gasteiger partial charge < -0.3 is 0 Å². The molecule has 0 aliphatic heterocycles. The second-order valence-electron chi connectivity index (χ2n) is 2.09. The van der Waals surface area contributed by atoms with Crippen LogP contribution in [0, 0.1) is 0 Å². The van der Waals surface area contributed by atoms with Crippen LogP contribution >= 0.6 is 0 Å². The number of carbonyl (C=O) groups is 1. The molecule has 0 bridgehead atoms. The van der Waals surface area contributed by atoms with Crippen LogP contribution in [0.3, 0.4) is 0 Å². The first-order chi connectivity index (χ1) is 4.16. The molecule has 0 N–H and O–H groups in total. The lowest BCUT2D eigenvalue weighted by atomic mass is 10.2. The second-order valence-corrected chi connectivity index (χ2v) is 2.09. The fraction of sp³-hybridized carbons (Fsp3) is 0.375. The predicted molar refractivity (Wildman–Crippen MR) is 39.3 cm³/mol. The average Bonchev–Trinajstić information content (AvgIpc) is 1.63. The van der Waals surface area contributed by atoms with Crippen molar-refractivity contribution in [1.29, 1.82) is 0 Å². The zero-order valence-corrected chi connectivity index (χ0v) is 5.98. The summed E-state index contributed by atoms with van der Waals surface area (Å²) in [5, 5.41) is 0. The lowest BCUT2D eigenvalue weighted by molar-refractivity contribution is -0.112. The van der Waals surface area contributed by atoms with Crippen molar-refractivity contribution < 1.29 is 4.79 Å². The summed E-state index contributed by atoms with van der Waals surface area (Å²) in [6.07, 6.45) is 4.22. The van der Waals surface area contributed by atoms with Crippen molar-refractivity contribution in [3.63, 3.8) is 0 Å². The molecule has 0 saturated heterocycles. The van der Waals surface area contributed by atoms with Crippen LogP contribution in [0.2, 0.25) is 0 Å². The topological polar surface area (TPSA) is 17.1 Å². The van der Waals surface area contributed by atoms with Crippen molar-refractivity contribution in [3.8, 4) is 0 Å². The summed E-state index contributed by atoms with van der Waals surface area (Å²) >= 11 is 0. The van der Waals surface area contributed by atoms with Gasteiger partial charge in [0.2, 0.25) is 0 Å². The molecule has 0 amide bonds. The van der Waals surface area contributed by atoms with Gasteiger partial charge in [-0.2, -0.15) is 0 Å². The molecule has 0 radical (unpaired) electrons.